The van der Waals surface area contributed by atoms with Crippen molar-refractivity contribution in [1.82, 2.24) is 14.7 Å². The van der Waals surface area contributed by atoms with Crippen molar-refractivity contribution in [3.63, 3.8) is 0 Å². The first-order valence-electron chi connectivity index (χ1n) is 8.73. The normalized spacial score (nSPS) is 25.8. The van der Waals surface area contributed by atoms with Gasteiger partial charge >= 0.3 is 0 Å². The quantitative estimate of drug-likeness (QED) is 0.852. The zero-order chi connectivity index (χ0) is 14.8. The van der Waals surface area contributed by atoms with Gasteiger partial charge in [-0.25, -0.2) is 4.68 Å². The Morgan fingerprint density at radius 2 is 1.82 bits per heavy atom. The first-order chi connectivity index (χ1) is 10.9. The molecule has 2 aliphatic rings. The number of likely N-dealkylation sites (tertiary alicyclic amines) is 1. The van der Waals surface area contributed by atoms with Crippen molar-refractivity contribution >= 4 is 0 Å². The van der Waals surface area contributed by atoms with E-state index in [2.05, 4.69) is 34.3 Å². The van der Waals surface area contributed by atoms with E-state index in [1.807, 2.05) is 23.1 Å². The number of piperidine rings is 1. The lowest BCUT2D eigenvalue weighted by Crippen LogP contribution is -2.46. The summed E-state index contributed by atoms with van der Waals surface area (Å²) in [5.74, 6) is 0.964. The Labute approximate surface area is 132 Å². The lowest BCUT2D eigenvalue weighted by molar-refractivity contribution is 0.0547. The maximum absolute atomic E-state index is 4.29. The molecule has 22 heavy (non-hydrogen) atoms. The smallest absolute Gasteiger partial charge is 0.0645 e. The number of hydrogen-bond donors (Lipinski definition) is 0. The molecule has 2 aromatic rings. The summed E-state index contributed by atoms with van der Waals surface area (Å²) >= 11 is 0. The lowest BCUT2D eigenvalue weighted by atomic mass is 9.78. The second-order valence-corrected chi connectivity index (χ2v) is 6.84. The van der Waals surface area contributed by atoms with E-state index in [1.165, 1.54) is 50.6 Å². The average Bonchev–Trinajstić information content (AvgIpc) is 3.10. The Balaban J connectivity index is 1.46. The van der Waals surface area contributed by atoms with E-state index >= 15 is 0 Å². The third-order valence-electron chi connectivity index (χ3n) is 5.45. The van der Waals surface area contributed by atoms with Gasteiger partial charge in [0.1, 0.15) is 0 Å². The Bertz CT molecular complexity index is 586. The van der Waals surface area contributed by atoms with Gasteiger partial charge in [0.25, 0.3) is 0 Å². The number of nitrogens with zero attached hydrogens (tertiary/aromatic N) is 3. The van der Waals surface area contributed by atoms with Gasteiger partial charge in [0.2, 0.25) is 0 Å². The molecule has 1 aromatic carbocycles. The predicted molar refractivity (Wildman–Crippen MR) is 89.0 cm³/mol. The van der Waals surface area contributed by atoms with E-state index in [-0.39, 0.29) is 0 Å². The minimum absolute atomic E-state index is 0.841. The first kappa shape index (κ1) is 14.0. The molecule has 3 heteroatoms. The number of hydrogen-bond acceptors (Lipinski definition) is 2. The molecule has 2 heterocycles. The topological polar surface area (TPSA) is 21.1 Å². The molecule has 3 nitrogen and oxygen atoms in total. The molecule has 0 amide bonds. The van der Waals surface area contributed by atoms with Crippen LogP contribution in [0, 0.1) is 5.92 Å². The second kappa shape index (κ2) is 6.25. The maximum atomic E-state index is 4.29. The highest BCUT2D eigenvalue weighted by Gasteiger charge is 2.32. The van der Waals surface area contributed by atoms with E-state index < -0.39 is 0 Å². The van der Waals surface area contributed by atoms with Gasteiger partial charge in [-0.3, -0.25) is 4.90 Å². The van der Waals surface area contributed by atoms with Crippen molar-refractivity contribution in [1.29, 1.82) is 0 Å². The van der Waals surface area contributed by atoms with Crippen LogP contribution in [-0.4, -0.2) is 27.3 Å². The fourth-order valence-electron chi connectivity index (χ4n) is 4.33. The van der Waals surface area contributed by atoms with Crippen LogP contribution in [0.3, 0.4) is 0 Å². The van der Waals surface area contributed by atoms with Crippen LogP contribution in [0.15, 0.2) is 42.7 Å². The fourth-order valence-corrected chi connectivity index (χ4v) is 4.33. The van der Waals surface area contributed by atoms with Crippen LogP contribution in [0.4, 0.5) is 0 Å². The number of benzene rings is 1. The molecule has 0 radical (unpaired) electrons. The van der Waals surface area contributed by atoms with Crippen molar-refractivity contribution in [3.05, 3.63) is 48.3 Å². The Hall–Kier alpha value is -1.61. The third-order valence-corrected chi connectivity index (χ3v) is 5.45. The van der Waals surface area contributed by atoms with Gasteiger partial charge in [0, 0.05) is 25.0 Å². The van der Waals surface area contributed by atoms with Crippen molar-refractivity contribution in [3.8, 4) is 5.69 Å². The summed E-state index contributed by atoms with van der Waals surface area (Å²) in [4.78, 5) is 2.75. The highest BCUT2D eigenvalue weighted by atomic mass is 15.3. The number of rotatable bonds is 3. The summed E-state index contributed by atoms with van der Waals surface area (Å²) in [5.41, 5.74) is 2.57. The average molecular weight is 295 g/mol. The van der Waals surface area contributed by atoms with E-state index in [0.29, 0.717) is 0 Å². The molecule has 2 fully saturated rings. The molecular weight excluding hydrogens is 270 g/mol. The molecule has 2 atom stereocenters. The fraction of sp³-hybridized carbons (Fsp3) is 0.526. The van der Waals surface area contributed by atoms with Gasteiger partial charge in [0.15, 0.2) is 0 Å². The van der Waals surface area contributed by atoms with Crippen LogP contribution in [0.5, 0.6) is 0 Å². The summed E-state index contributed by atoms with van der Waals surface area (Å²) in [6, 6.07) is 11.7. The monoisotopic (exact) mass is 295 g/mol. The summed E-state index contributed by atoms with van der Waals surface area (Å²) in [5, 5.41) is 4.29. The molecule has 1 aromatic heterocycles. The molecule has 0 bridgehead atoms. The van der Waals surface area contributed by atoms with Crippen LogP contribution in [0.25, 0.3) is 5.69 Å². The van der Waals surface area contributed by atoms with Crippen molar-refractivity contribution in [2.24, 2.45) is 5.92 Å². The molecule has 0 unspecified atom stereocenters. The Morgan fingerprint density at radius 3 is 2.64 bits per heavy atom. The lowest BCUT2D eigenvalue weighted by Gasteiger charge is -2.44. The zero-order valence-corrected chi connectivity index (χ0v) is 13.2. The summed E-state index contributed by atoms with van der Waals surface area (Å²) < 4.78 is 1.92. The minimum atomic E-state index is 0.841. The Morgan fingerprint density at radius 1 is 1.00 bits per heavy atom. The van der Waals surface area contributed by atoms with Gasteiger partial charge in [-0.2, -0.15) is 5.10 Å². The number of aromatic nitrogens is 2. The van der Waals surface area contributed by atoms with Gasteiger partial charge < -0.3 is 0 Å². The van der Waals surface area contributed by atoms with Crippen LogP contribution in [0.2, 0.25) is 0 Å². The van der Waals surface area contributed by atoms with E-state index in [0.717, 1.165) is 24.2 Å². The highest BCUT2D eigenvalue weighted by molar-refractivity contribution is 5.33. The summed E-state index contributed by atoms with van der Waals surface area (Å²) in [7, 11) is 0. The highest BCUT2D eigenvalue weighted by Crippen LogP contribution is 2.35. The first-order valence-corrected chi connectivity index (χ1v) is 8.73. The molecular formula is C19H25N3. The molecule has 1 saturated carbocycles. The molecule has 0 spiro atoms. The maximum Gasteiger partial charge on any atom is 0.0645 e. The van der Waals surface area contributed by atoms with Crippen molar-refractivity contribution in [2.45, 2.75) is 51.1 Å². The van der Waals surface area contributed by atoms with Crippen LogP contribution in [0.1, 0.15) is 44.1 Å². The van der Waals surface area contributed by atoms with Crippen LogP contribution in [-0.2, 0) is 6.54 Å². The molecule has 0 N–H and O–H groups in total. The predicted octanol–water partition coefficient (Wildman–Crippen LogP) is 4.03. The van der Waals surface area contributed by atoms with Gasteiger partial charge in [-0.1, -0.05) is 25.0 Å². The largest absolute Gasteiger partial charge is 0.296 e. The molecule has 4 rings (SSSR count). The van der Waals surface area contributed by atoms with Gasteiger partial charge in [-0.05, 0) is 61.9 Å². The second-order valence-electron chi connectivity index (χ2n) is 6.84. The van der Waals surface area contributed by atoms with Crippen molar-refractivity contribution < 1.29 is 0 Å². The standard InChI is InChI=1S/C19H25N3/c1-2-7-19-17(5-1)6-3-13-21(19)15-16-8-10-18(11-9-16)22-14-4-12-20-22/h4,8-12,14,17,19H,1-3,5-7,13,15H2/t17-,19-/m1/s1. The van der Waals surface area contributed by atoms with Crippen LogP contribution < -0.4 is 0 Å². The van der Waals surface area contributed by atoms with E-state index in [9.17, 15) is 0 Å². The zero-order valence-electron chi connectivity index (χ0n) is 13.2. The number of fused-ring (bicyclic) bond motifs is 1. The molecule has 116 valence electrons. The van der Waals surface area contributed by atoms with Crippen molar-refractivity contribution in [2.75, 3.05) is 6.54 Å². The Kier molecular flexibility index (Phi) is 3.98. The summed E-state index contributed by atoms with van der Waals surface area (Å²) in [6.45, 7) is 2.39. The molecule has 1 aliphatic heterocycles. The SMILES string of the molecule is c1cnn(-c2ccc(CN3CCC[C@H]4CCCC[C@H]43)cc2)c1. The van der Waals surface area contributed by atoms with Gasteiger partial charge in [0.05, 0.1) is 5.69 Å². The minimum Gasteiger partial charge on any atom is -0.296 e. The van der Waals surface area contributed by atoms with Crippen LogP contribution >= 0.6 is 0 Å². The molecule has 1 aliphatic carbocycles. The van der Waals surface area contributed by atoms with E-state index in [4.69, 9.17) is 0 Å². The molecule has 1 saturated heterocycles. The van der Waals surface area contributed by atoms with E-state index in [1.54, 1.807) is 0 Å². The van der Waals surface area contributed by atoms with Gasteiger partial charge in [-0.15, -0.1) is 0 Å². The third kappa shape index (κ3) is 2.82. The summed E-state index contributed by atoms with van der Waals surface area (Å²) in [6.07, 6.45) is 12.4.